The molecule has 5 nitrogen and oxygen atoms in total. The summed E-state index contributed by atoms with van der Waals surface area (Å²) in [5.74, 6) is -1.51. The predicted molar refractivity (Wildman–Crippen MR) is 91.5 cm³/mol. The minimum absolute atomic E-state index is 0.0744. The molecular formula is C16H13Cl3N2O3. The first-order valence-electron chi connectivity index (χ1n) is 6.93. The molecule has 1 unspecified atom stereocenters. The van der Waals surface area contributed by atoms with Crippen LogP contribution in [-0.4, -0.2) is 18.5 Å². The summed E-state index contributed by atoms with van der Waals surface area (Å²) in [7, 11) is 0. The molecule has 126 valence electrons. The van der Waals surface area contributed by atoms with E-state index in [2.05, 4.69) is 0 Å². The number of hydrogen-bond acceptors (Lipinski definition) is 5. The fourth-order valence-electron chi connectivity index (χ4n) is 2.37. The summed E-state index contributed by atoms with van der Waals surface area (Å²) in [4.78, 5) is 12.4. The van der Waals surface area contributed by atoms with Crippen LogP contribution >= 0.6 is 34.8 Å². The topological polar surface area (TPSA) is 85.3 Å². The lowest BCUT2D eigenvalue weighted by molar-refractivity contribution is -0.139. The first-order chi connectivity index (χ1) is 11.4. The van der Waals surface area contributed by atoms with Crippen molar-refractivity contribution >= 4 is 40.8 Å². The summed E-state index contributed by atoms with van der Waals surface area (Å²) in [6.07, 6.45) is 0. The molecule has 0 fully saturated rings. The van der Waals surface area contributed by atoms with E-state index < -0.39 is 11.9 Å². The van der Waals surface area contributed by atoms with Gasteiger partial charge >= 0.3 is 5.97 Å². The van der Waals surface area contributed by atoms with Gasteiger partial charge in [0.1, 0.15) is 17.4 Å². The molecule has 1 heterocycles. The summed E-state index contributed by atoms with van der Waals surface area (Å²) >= 11 is 17.9. The first-order valence-corrected chi connectivity index (χ1v) is 8.22. The third-order valence-electron chi connectivity index (χ3n) is 3.39. The molecule has 0 aliphatic carbocycles. The van der Waals surface area contributed by atoms with Crippen LogP contribution in [0.15, 0.2) is 41.0 Å². The van der Waals surface area contributed by atoms with Crippen molar-refractivity contribution in [3.8, 4) is 6.07 Å². The number of nitriles is 1. The van der Waals surface area contributed by atoms with Crippen LogP contribution in [0.1, 0.15) is 18.4 Å². The van der Waals surface area contributed by atoms with Gasteiger partial charge in [-0.3, -0.25) is 0 Å². The molecule has 0 bridgehead atoms. The Hall–Kier alpha value is -1.87. The van der Waals surface area contributed by atoms with Crippen molar-refractivity contribution in [2.45, 2.75) is 12.8 Å². The number of carbonyl (C=O) groups is 1. The van der Waals surface area contributed by atoms with Crippen molar-refractivity contribution < 1.29 is 14.3 Å². The first kappa shape index (κ1) is 18.5. The number of rotatable bonds is 4. The van der Waals surface area contributed by atoms with Gasteiger partial charge in [-0.05, 0) is 24.6 Å². The second-order valence-corrected chi connectivity index (χ2v) is 5.87. The van der Waals surface area contributed by atoms with Gasteiger partial charge in [0.2, 0.25) is 5.88 Å². The van der Waals surface area contributed by atoms with E-state index in [0.717, 1.165) is 0 Å². The average Bonchev–Trinajstić information content (AvgIpc) is 2.56. The van der Waals surface area contributed by atoms with Crippen molar-refractivity contribution in [3.63, 3.8) is 0 Å². The Balaban J connectivity index is 2.68. The molecule has 0 radical (unpaired) electrons. The third kappa shape index (κ3) is 3.46. The number of benzene rings is 1. The molecule has 1 aromatic carbocycles. The number of hydrogen-bond donors (Lipinski definition) is 1. The van der Waals surface area contributed by atoms with Crippen LogP contribution in [0.5, 0.6) is 0 Å². The SMILES string of the molecule is CCOC(=O)C1=C(CCl)OC(N)=C(C#N)C1c1ccc(Cl)c(Cl)c1. The lowest BCUT2D eigenvalue weighted by Gasteiger charge is -2.27. The van der Waals surface area contributed by atoms with Gasteiger partial charge in [-0.25, -0.2) is 4.79 Å². The highest BCUT2D eigenvalue weighted by Gasteiger charge is 2.37. The van der Waals surface area contributed by atoms with Gasteiger partial charge in [-0.1, -0.05) is 29.3 Å². The van der Waals surface area contributed by atoms with E-state index in [4.69, 9.17) is 50.0 Å². The molecule has 1 aliphatic rings. The van der Waals surface area contributed by atoms with E-state index in [1.54, 1.807) is 25.1 Å². The number of allylic oxidation sites excluding steroid dienone is 2. The standard InChI is InChI=1S/C16H13Cl3N2O3/c1-2-23-16(22)14-12(6-17)24-15(21)9(7-20)13(14)8-3-4-10(18)11(19)5-8/h3-5,13H,2,6,21H2,1H3. The summed E-state index contributed by atoms with van der Waals surface area (Å²) in [6, 6.07) is 6.77. The minimum Gasteiger partial charge on any atom is -0.463 e. The molecule has 2 rings (SSSR count). The van der Waals surface area contributed by atoms with Crippen LogP contribution in [0.2, 0.25) is 10.0 Å². The van der Waals surface area contributed by atoms with E-state index in [1.807, 2.05) is 6.07 Å². The molecule has 24 heavy (non-hydrogen) atoms. The zero-order chi connectivity index (χ0) is 17.9. The van der Waals surface area contributed by atoms with Gasteiger partial charge in [-0.2, -0.15) is 5.26 Å². The summed E-state index contributed by atoms with van der Waals surface area (Å²) in [5.41, 5.74) is 6.57. The second-order valence-electron chi connectivity index (χ2n) is 4.79. The predicted octanol–water partition coefficient (Wildman–Crippen LogP) is 3.86. The fraction of sp³-hybridized carbons (Fsp3) is 0.250. The lowest BCUT2D eigenvalue weighted by Crippen LogP contribution is -2.26. The van der Waals surface area contributed by atoms with Gasteiger partial charge in [0.15, 0.2) is 0 Å². The highest BCUT2D eigenvalue weighted by atomic mass is 35.5. The number of carbonyl (C=O) groups excluding carboxylic acids is 1. The molecule has 1 aromatic rings. The molecule has 0 spiro atoms. The highest BCUT2D eigenvalue weighted by Crippen LogP contribution is 2.41. The van der Waals surface area contributed by atoms with E-state index in [9.17, 15) is 10.1 Å². The van der Waals surface area contributed by atoms with Crippen molar-refractivity contribution in [1.29, 1.82) is 5.26 Å². The molecular weight excluding hydrogens is 375 g/mol. The fourth-order valence-corrected chi connectivity index (χ4v) is 2.88. The number of nitrogens with two attached hydrogens (primary N) is 1. The molecule has 0 amide bonds. The average molecular weight is 388 g/mol. The molecule has 0 saturated heterocycles. The Kier molecular flexibility index (Phi) is 6.00. The van der Waals surface area contributed by atoms with Gasteiger partial charge in [0, 0.05) is 0 Å². The van der Waals surface area contributed by atoms with Crippen molar-refractivity contribution in [1.82, 2.24) is 0 Å². The van der Waals surface area contributed by atoms with Crippen molar-refractivity contribution in [3.05, 3.63) is 56.6 Å². The maximum Gasteiger partial charge on any atom is 0.338 e. The lowest BCUT2D eigenvalue weighted by atomic mass is 9.83. The van der Waals surface area contributed by atoms with Crippen LogP contribution in [-0.2, 0) is 14.3 Å². The monoisotopic (exact) mass is 386 g/mol. The molecule has 8 heteroatoms. The maximum atomic E-state index is 12.4. The quantitative estimate of drug-likeness (QED) is 0.626. The Bertz CT molecular complexity index is 781. The number of halogens is 3. The van der Waals surface area contributed by atoms with Gasteiger partial charge < -0.3 is 15.2 Å². The number of nitrogens with zero attached hydrogens (tertiary/aromatic N) is 1. The second kappa shape index (κ2) is 7.80. The normalized spacial score (nSPS) is 17.4. The van der Waals surface area contributed by atoms with Gasteiger partial charge in [-0.15, -0.1) is 11.6 Å². The number of esters is 1. The largest absolute Gasteiger partial charge is 0.463 e. The van der Waals surface area contributed by atoms with Crippen LogP contribution in [0.4, 0.5) is 0 Å². The van der Waals surface area contributed by atoms with E-state index >= 15 is 0 Å². The van der Waals surface area contributed by atoms with E-state index in [-0.39, 0.29) is 40.3 Å². The minimum atomic E-state index is -0.800. The Labute approximate surface area is 154 Å². The Morgan fingerprint density at radius 1 is 1.42 bits per heavy atom. The maximum absolute atomic E-state index is 12.4. The molecule has 2 N–H and O–H groups in total. The Morgan fingerprint density at radius 3 is 2.67 bits per heavy atom. The number of alkyl halides is 1. The van der Waals surface area contributed by atoms with Gasteiger partial charge in [0.25, 0.3) is 0 Å². The van der Waals surface area contributed by atoms with Crippen LogP contribution in [0.25, 0.3) is 0 Å². The molecule has 0 aromatic heterocycles. The zero-order valence-electron chi connectivity index (χ0n) is 12.6. The van der Waals surface area contributed by atoms with Gasteiger partial charge in [0.05, 0.1) is 34.0 Å². The zero-order valence-corrected chi connectivity index (χ0v) is 14.9. The van der Waals surface area contributed by atoms with Crippen LogP contribution in [0.3, 0.4) is 0 Å². The van der Waals surface area contributed by atoms with Crippen molar-refractivity contribution in [2.75, 3.05) is 12.5 Å². The summed E-state index contributed by atoms with van der Waals surface area (Å²) < 4.78 is 10.4. The smallest absolute Gasteiger partial charge is 0.338 e. The van der Waals surface area contributed by atoms with Crippen molar-refractivity contribution in [2.24, 2.45) is 5.73 Å². The van der Waals surface area contributed by atoms with Crippen LogP contribution in [0, 0.1) is 11.3 Å². The van der Waals surface area contributed by atoms with E-state index in [0.29, 0.717) is 10.6 Å². The summed E-state index contributed by atoms with van der Waals surface area (Å²) in [5, 5.41) is 10.1. The molecule has 1 aliphatic heterocycles. The third-order valence-corrected chi connectivity index (χ3v) is 4.37. The molecule has 1 atom stereocenters. The summed E-state index contributed by atoms with van der Waals surface area (Å²) in [6.45, 7) is 1.83. The molecule has 0 saturated carbocycles. The highest BCUT2D eigenvalue weighted by molar-refractivity contribution is 6.42. The number of ether oxygens (including phenoxy) is 2. The van der Waals surface area contributed by atoms with Crippen LogP contribution < -0.4 is 5.73 Å². The Morgan fingerprint density at radius 2 is 2.12 bits per heavy atom. The van der Waals surface area contributed by atoms with E-state index in [1.165, 1.54) is 0 Å².